The van der Waals surface area contributed by atoms with Crippen molar-refractivity contribution in [3.8, 4) is 0 Å². The zero-order chi connectivity index (χ0) is 8.70. The quantitative estimate of drug-likeness (QED) is 0.651. The highest BCUT2D eigenvalue weighted by Crippen LogP contribution is 2.64. The van der Waals surface area contributed by atoms with Crippen molar-refractivity contribution in [2.45, 2.75) is 40.5 Å². The summed E-state index contributed by atoms with van der Waals surface area (Å²) in [6.07, 6.45) is 2.30. The van der Waals surface area contributed by atoms with E-state index in [4.69, 9.17) is 5.11 Å². The second-order valence-corrected chi connectivity index (χ2v) is 5.08. The summed E-state index contributed by atoms with van der Waals surface area (Å²) in [4.78, 5) is 0. The van der Waals surface area contributed by atoms with E-state index in [1.165, 1.54) is 6.42 Å². The fourth-order valence-corrected chi connectivity index (χ4v) is 1.95. The van der Waals surface area contributed by atoms with E-state index in [-0.39, 0.29) is 0 Å². The van der Waals surface area contributed by atoms with Gasteiger partial charge in [-0.15, -0.1) is 0 Å². The molecule has 2 unspecified atom stereocenters. The van der Waals surface area contributed by atoms with Crippen LogP contribution < -0.4 is 0 Å². The van der Waals surface area contributed by atoms with Crippen LogP contribution in [-0.4, -0.2) is 11.7 Å². The van der Waals surface area contributed by atoms with Crippen LogP contribution in [0.4, 0.5) is 0 Å². The van der Waals surface area contributed by atoms with Crippen LogP contribution in [0.2, 0.25) is 0 Å². The van der Waals surface area contributed by atoms with Crippen LogP contribution in [-0.2, 0) is 0 Å². The number of aliphatic hydroxyl groups excluding tert-OH is 1. The van der Waals surface area contributed by atoms with E-state index in [2.05, 4.69) is 27.7 Å². The summed E-state index contributed by atoms with van der Waals surface area (Å²) in [5.41, 5.74) is 0.905. The third-order valence-corrected chi connectivity index (χ3v) is 3.60. The summed E-state index contributed by atoms with van der Waals surface area (Å²) in [6, 6.07) is 0. The maximum atomic E-state index is 8.77. The normalized spacial score (nSPS) is 37.4. The Hall–Kier alpha value is -0.0400. The van der Waals surface area contributed by atoms with Crippen molar-refractivity contribution in [3.05, 3.63) is 0 Å². The number of hydrogen-bond donors (Lipinski definition) is 1. The Labute approximate surface area is 69.8 Å². The molecular weight excluding hydrogens is 136 g/mol. The first-order valence-electron chi connectivity index (χ1n) is 4.52. The van der Waals surface area contributed by atoms with Crippen molar-refractivity contribution >= 4 is 0 Å². The second-order valence-electron chi connectivity index (χ2n) is 5.08. The molecule has 1 nitrogen and oxygen atoms in total. The van der Waals surface area contributed by atoms with Crippen molar-refractivity contribution in [2.24, 2.45) is 16.7 Å². The highest BCUT2D eigenvalue weighted by atomic mass is 16.3. The minimum absolute atomic E-state index is 0.357. The minimum Gasteiger partial charge on any atom is -0.396 e. The molecule has 1 fully saturated rings. The highest BCUT2D eigenvalue weighted by molar-refractivity contribution is 5.05. The Morgan fingerprint density at radius 2 is 2.00 bits per heavy atom. The lowest BCUT2D eigenvalue weighted by molar-refractivity contribution is 0.194. The van der Waals surface area contributed by atoms with Crippen LogP contribution in [0.1, 0.15) is 40.5 Å². The summed E-state index contributed by atoms with van der Waals surface area (Å²) in [5, 5.41) is 8.77. The first-order chi connectivity index (χ1) is 4.92. The van der Waals surface area contributed by atoms with Gasteiger partial charge in [0.15, 0.2) is 0 Å². The molecule has 11 heavy (non-hydrogen) atoms. The van der Waals surface area contributed by atoms with E-state index in [1.807, 2.05) is 0 Å². The monoisotopic (exact) mass is 156 g/mol. The topological polar surface area (TPSA) is 20.2 Å². The van der Waals surface area contributed by atoms with Crippen LogP contribution in [0.3, 0.4) is 0 Å². The molecule has 1 saturated carbocycles. The molecule has 1 rings (SSSR count). The van der Waals surface area contributed by atoms with Gasteiger partial charge in [-0.25, -0.2) is 0 Å². The predicted molar refractivity (Wildman–Crippen MR) is 47.4 cm³/mol. The van der Waals surface area contributed by atoms with Gasteiger partial charge >= 0.3 is 0 Å². The highest BCUT2D eigenvalue weighted by Gasteiger charge is 2.56. The van der Waals surface area contributed by atoms with Crippen molar-refractivity contribution in [1.29, 1.82) is 0 Å². The summed E-state index contributed by atoms with van der Waals surface area (Å²) < 4.78 is 0. The average Bonchev–Trinajstić information content (AvgIpc) is 2.43. The molecule has 0 amide bonds. The lowest BCUT2D eigenvalue weighted by Gasteiger charge is -2.28. The number of aliphatic hydroxyl groups is 1. The van der Waals surface area contributed by atoms with Crippen LogP contribution in [0.15, 0.2) is 0 Å². The van der Waals surface area contributed by atoms with Crippen molar-refractivity contribution < 1.29 is 5.11 Å². The summed E-state index contributed by atoms with van der Waals surface area (Å²) in [6.45, 7) is 9.59. The zero-order valence-electron chi connectivity index (χ0n) is 8.15. The first kappa shape index (κ1) is 9.05. The molecule has 0 aromatic rings. The standard InChI is InChI=1S/C10H20O/c1-9(2,3)10(4)7-8(10)5-6-11/h8,11H,5-7H2,1-4H3. The Balaban J connectivity index is 2.49. The van der Waals surface area contributed by atoms with Crippen molar-refractivity contribution in [2.75, 3.05) is 6.61 Å². The SMILES string of the molecule is CC(C)(C)C1(C)CC1CCO. The van der Waals surface area contributed by atoms with Crippen LogP contribution in [0.25, 0.3) is 0 Å². The summed E-state index contributed by atoms with van der Waals surface area (Å²) in [5.74, 6) is 0.771. The molecule has 0 saturated heterocycles. The lowest BCUT2D eigenvalue weighted by atomic mass is 9.77. The van der Waals surface area contributed by atoms with E-state index in [1.54, 1.807) is 0 Å². The van der Waals surface area contributed by atoms with Gasteiger partial charge < -0.3 is 5.11 Å². The molecule has 66 valence electrons. The van der Waals surface area contributed by atoms with Gasteiger partial charge in [-0.2, -0.15) is 0 Å². The summed E-state index contributed by atoms with van der Waals surface area (Å²) >= 11 is 0. The number of rotatable bonds is 2. The molecule has 0 heterocycles. The molecule has 1 aliphatic carbocycles. The third kappa shape index (κ3) is 1.44. The average molecular weight is 156 g/mol. The van der Waals surface area contributed by atoms with E-state index in [9.17, 15) is 0 Å². The Bertz CT molecular complexity index is 145. The molecule has 0 aliphatic heterocycles. The molecule has 1 aliphatic rings. The molecule has 2 atom stereocenters. The van der Waals surface area contributed by atoms with Gasteiger partial charge in [0.1, 0.15) is 0 Å². The van der Waals surface area contributed by atoms with E-state index >= 15 is 0 Å². The van der Waals surface area contributed by atoms with Gasteiger partial charge in [0.25, 0.3) is 0 Å². The van der Waals surface area contributed by atoms with Crippen molar-refractivity contribution in [3.63, 3.8) is 0 Å². The first-order valence-corrected chi connectivity index (χ1v) is 4.52. The van der Waals surface area contributed by atoms with Crippen LogP contribution in [0, 0.1) is 16.7 Å². The number of hydrogen-bond acceptors (Lipinski definition) is 1. The maximum absolute atomic E-state index is 8.77. The molecule has 0 radical (unpaired) electrons. The molecule has 0 spiro atoms. The summed E-state index contributed by atoms with van der Waals surface area (Å²) in [7, 11) is 0. The third-order valence-electron chi connectivity index (χ3n) is 3.60. The van der Waals surface area contributed by atoms with Crippen molar-refractivity contribution in [1.82, 2.24) is 0 Å². The smallest absolute Gasteiger partial charge is 0.0433 e. The Morgan fingerprint density at radius 1 is 1.45 bits per heavy atom. The molecule has 1 heteroatoms. The maximum Gasteiger partial charge on any atom is 0.0433 e. The second kappa shape index (κ2) is 2.48. The molecule has 0 aromatic carbocycles. The van der Waals surface area contributed by atoms with Gasteiger partial charge in [-0.3, -0.25) is 0 Å². The van der Waals surface area contributed by atoms with Crippen LogP contribution in [0.5, 0.6) is 0 Å². The lowest BCUT2D eigenvalue weighted by Crippen LogP contribution is -2.20. The van der Waals surface area contributed by atoms with Crippen LogP contribution >= 0.6 is 0 Å². The molecule has 0 aromatic heterocycles. The molecule has 0 bridgehead atoms. The Kier molecular flexibility index (Phi) is 2.04. The Morgan fingerprint density at radius 3 is 2.27 bits per heavy atom. The van der Waals surface area contributed by atoms with Gasteiger partial charge in [0, 0.05) is 6.61 Å². The van der Waals surface area contributed by atoms with E-state index in [0.29, 0.717) is 17.4 Å². The fourth-order valence-electron chi connectivity index (χ4n) is 1.95. The fraction of sp³-hybridized carbons (Fsp3) is 1.00. The molecular formula is C10H20O. The zero-order valence-corrected chi connectivity index (χ0v) is 8.15. The van der Waals surface area contributed by atoms with Gasteiger partial charge in [0.2, 0.25) is 0 Å². The van der Waals surface area contributed by atoms with Gasteiger partial charge in [-0.1, -0.05) is 27.7 Å². The largest absolute Gasteiger partial charge is 0.396 e. The molecule has 1 N–H and O–H groups in total. The van der Waals surface area contributed by atoms with E-state index in [0.717, 1.165) is 12.3 Å². The minimum atomic E-state index is 0.357. The van der Waals surface area contributed by atoms with E-state index < -0.39 is 0 Å². The van der Waals surface area contributed by atoms with Gasteiger partial charge in [0.05, 0.1) is 0 Å². The van der Waals surface area contributed by atoms with Gasteiger partial charge in [-0.05, 0) is 29.6 Å². The predicted octanol–water partition coefficient (Wildman–Crippen LogP) is 2.44.